The van der Waals surface area contributed by atoms with E-state index in [9.17, 15) is 8.42 Å². The van der Waals surface area contributed by atoms with Gasteiger partial charge in [0.25, 0.3) is 0 Å². The molecule has 0 spiro atoms. The summed E-state index contributed by atoms with van der Waals surface area (Å²) >= 11 is 5.78. The first kappa shape index (κ1) is 14.8. The molecule has 0 aliphatic carbocycles. The molecule has 1 fully saturated rings. The van der Waals surface area contributed by atoms with E-state index in [1.807, 2.05) is 0 Å². The van der Waals surface area contributed by atoms with E-state index in [1.54, 1.807) is 12.1 Å². The Hall–Kier alpha value is -0.620. The lowest BCUT2D eigenvalue weighted by Crippen LogP contribution is -2.44. The number of nitrogens with zero attached hydrogens (tertiary/aromatic N) is 1. The van der Waals surface area contributed by atoms with Gasteiger partial charge in [0.05, 0.1) is 4.90 Å². The molecule has 1 atom stereocenters. The summed E-state index contributed by atoms with van der Waals surface area (Å²) in [7, 11) is -3.49. The lowest BCUT2D eigenvalue weighted by Gasteiger charge is -2.34. The van der Waals surface area contributed by atoms with Crippen molar-refractivity contribution in [2.24, 2.45) is 0 Å². The molecular weight excluding hydrogens is 286 g/mol. The first-order valence-electron chi connectivity index (χ1n) is 6.44. The highest BCUT2D eigenvalue weighted by Gasteiger charge is 2.32. The first-order chi connectivity index (χ1) is 9.05. The van der Waals surface area contributed by atoms with Gasteiger partial charge in [-0.3, -0.25) is 0 Å². The van der Waals surface area contributed by atoms with Crippen LogP contribution in [0.2, 0.25) is 5.02 Å². The summed E-state index contributed by atoms with van der Waals surface area (Å²) in [6.45, 7) is 0.535. The third kappa shape index (κ3) is 3.28. The molecule has 6 heteroatoms. The molecule has 0 bridgehead atoms. The average Bonchev–Trinajstić information content (AvgIpc) is 2.40. The molecule has 4 nitrogen and oxygen atoms in total. The van der Waals surface area contributed by atoms with Crippen LogP contribution in [0.1, 0.15) is 25.7 Å². The van der Waals surface area contributed by atoms with Crippen molar-refractivity contribution in [3.8, 4) is 0 Å². The van der Waals surface area contributed by atoms with Crippen molar-refractivity contribution in [2.45, 2.75) is 36.6 Å². The molecule has 0 saturated carbocycles. The van der Waals surface area contributed by atoms with E-state index in [1.165, 1.54) is 16.4 Å². The first-order valence-corrected chi connectivity index (χ1v) is 8.26. The van der Waals surface area contributed by atoms with E-state index in [2.05, 4.69) is 0 Å². The van der Waals surface area contributed by atoms with E-state index in [0.717, 1.165) is 19.3 Å². The molecule has 2 rings (SSSR count). The van der Waals surface area contributed by atoms with Crippen LogP contribution in [-0.2, 0) is 10.0 Å². The number of rotatable bonds is 4. The molecule has 0 amide bonds. The quantitative estimate of drug-likeness (QED) is 0.928. The predicted molar refractivity (Wildman–Crippen MR) is 74.7 cm³/mol. The maximum absolute atomic E-state index is 12.6. The van der Waals surface area contributed by atoms with Gasteiger partial charge in [-0.15, -0.1) is 0 Å². The van der Waals surface area contributed by atoms with Gasteiger partial charge in [-0.1, -0.05) is 18.0 Å². The fraction of sp³-hybridized carbons (Fsp3) is 0.538. The third-order valence-electron chi connectivity index (χ3n) is 3.46. The molecule has 0 aromatic heterocycles. The fourth-order valence-corrected chi connectivity index (χ4v) is 4.32. The van der Waals surface area contributed by atoms with Gasteiger partial charge in [0.1, 0.15) is 0 Å². The lowest BCUT2D eigenvalue weighted by molar-refractivity contribution is 0.192. The van der Waals surface area contributed by atoms with Gasteiger partial charge in [-0.05, 0) is 43.5 Å². The summed E-state index contributed by atoms with van der Waals surface area (Å²) in [5.41, 5.74) is 0. The Kier molecular flexibility index (Phi) is 4.84. The predicted octanol–water partition coefficient (Wildman–Crippen LogP) is 2.27. The zero-order valence-corrected chi connectivity index (χ0v) is 12.2. The summed E-state index contributed by atoms with van der Waals surface area (Å²) in [5.74, 6) is 0. The summed E-state index contributed by atoms with van der Waals surface area (Å²) in [6.07, 6.45) is 3.19. The van der Waals surface area contributed by atoms with Crippen molar-refractivity contribution in [2.75, 3.05) is 13.2 Å². The van der Waals surface area contributed by atoms with Crippen LogP contribution < -0.4 is 0 Å². The highest BCUT2D eigenvalue weighted by molar-refractivity contribution is 7.89. The zero-order chi connectivity index (χ0) is 13.9. The maximum Gasteiger partial charge on any atom is 0.243 e. The van der Waals surface area contributed by atoms with Gasteiger partial charge in [-0.25, -0.2) is 8.42 Å². The Bertz CT molecular complexity index is 513. The second-order valence-electron chi connectivity index (χ2n) is 4.73. The van der Waals surface area contributed by atoms with Gasteiger partial charge in [0.15, 0.2) is 0 Å². The molecule has 1 heterocycles. The molecule has 19 heavy (non-hydrogen) atoms. The van der Waals surface area contributed by atoms with Crippen molar-refractivity contribution in [1.82, 2.24) is 4.31 Å². The molecule has 1 aromatic carbocycles. The Morgan fingerprint density at radius 3 is 2.58 bits per heavy atom. The normalized spacial score (nSPS) is 21.5. The van der Waals surface area contributed by atoms with Crippen molar-refractivity contribution in [3.05, 3.63) is 29.3 Å². The largest absolute Gasteiger partial charge is 0.396 e. The molecule has 1 N–H and O–H groups in total. The van der Waals surface area contributed by atoms with Crippen LogP contribution >= 0.6 is 11.6 Å². The minimum Gasteiger partial charge on any atom is -0.396 e. The number of piperidine rings is 1. The Morgan fingerprint density at radius 2 is 1.95 bits per heavy atom. The molecule has 1 saturated heterocycles. The van der Waals surface area contributed by atoms with Crippen LogP contribution in [0.5, 0.6) is 0 Å². The number of hydrogen-bond acceptors (Lipinski definition) is 3. The smallest absolute Gasteiger partial charge is 0.243 e. The Balaban J connectivity index is 2.28. The molecule has 0 radical (unpaired) electrons. The highest BCUT2D eigenvalue weighted by Crippen LogP contribution is 2.27. The molecule has 0 unspecified atom stereocenters. The summed E-state index contributed by atoms with van der Waals surface area (Å²) in [6, 6.07) is 6.13. The number of sulfonamides is 1. The van der Waals surface area contributed by atoms with Gasteiger partial charge in [0, 0.05) is 24.2 Å². The summed E-state index contributed by atoms with van der Waals surface area (Å²) in [4.78, 5) is 0.265. The molecule has 1 aliphatic rings. The fourth-order valence-electron chi connectivity index (χ4n) is 2.47. The number of aliphatic hydroxyl groups excluding tert-OH is 1. The topological polar surface area (TPSA) is 57.6 Å². The molecule has 1 aromatic rings. The van der Waals surface area contributed by atoms with Crippen molar-refractivity contribution in [1.29, 1.82) is 0 Å². The van der Waals surface area contributed by atoms with E-state index < -0.39 is 10.0 Å². The minimum atomic E-state index is -3.49. The zero-order valence-electron chi connectivity index (χ0n) is 10.6. The van der Waals surface area contributed by atoms with Crippen LogP contribution in [0.3, 0.4) is 0 Å². The van der Waals surface area contributed by atoms with Crippen LogP contribution in [0.15, 0.2) is 29.2 Å². The SMILES string of the molecule is O=S(=O)(c1ccc(Cl)cc1)N1CCCC[C@H]1CCO. The number of benzene rings is 1. The van der Waals surface area contributed by atoms with Gasteiger partial charge >= 0.3 is 0 Å². The lowest BCUT2D eigenvalue weighted by atomic mass is 10.0. The Labute approximate surface area is 119 Å². The summed E-state index contributed by atoms with van der Waals surface area (Å²) in [5, 5.41) is 9.59. The van der Waals surface area contributed by atoms with Gasteiger partial charge in [-0.2, -0.15) is 4.31 Å². The van der Waals surface area contributed by atoms with Crippen LogP contribution in [0.25, 0.3) is 0 Å². The van der Waals surface area contributed by atoms with Crippen LogP contribution in [-0.4, -0.2) is 37.0 Å². The van der Waals surface area contributed by atoms with Crippen molar-refractivity contribution in [3.63, 3.8) is 0 Å². The van der Waals surface area contributed by atoms with Crippen molar-refractivity contribution >= 4 is 21.6 Å². The van der Waals surface area contributed by atoms with Gasteiger partial charge in [0.2, 0.25) is 10.0 Å². The highest BCUT2D eigenvalue weighted by atomic mass is 35.5. The van der Waals surface area contributed by atoms with Crippen LogP contribution in [0.4, 0.5) is 0 Å². The number of halogens is 1. The van der Waals surface area contributed by atoms with Crippen LogP contribution in [0, 0.1) is 0 Å². The molecule has 106 valence electrons. The average molecular weight is 304 g/mol. The number of hydrogen-bond donors (Lipinski definition) is 1. The monoisotopic (exact) mass is 303 g/mol. The van der Waals surface area contributed by atoms with E-state index >= 15 is 0 Å². The second-order valence-corrected chi connectivity index (χ2v) is 7.06. The third-order valence-corrected chi connectivity index (χ3v) is 5.67. The van der Waals surface area contributed by atoms with E-state index in [0.29, 0.717) is 18.0 Å². The van der Waals surface area contributed by atoms with E-state index in [-0.39, 0.29) is 17.5 Å². The standard InChI is InChI=1S/C13H18ClNO3S/c14-11-4-6-13(7-5-11)19(17,18)15-9-2-1-3-12(15)8-10-16/h4-7,12,16H,1-3,8-10H2/t12-/m0/s1. The molecule has 1 aliphatic heterocycles. The summed E-state index contributed by atoms with van der Waals surface area (Å²) < 4.78 is 26.7. The second kappa shape index (κ2) is 6.22. The molecular formula is C13H18ClNO3S. The Morgan fingerprint density at radius 1 is 1.26 bits per heavy atom. The maximum atomic E-state index is 12.6. The van der Waals surface area contributed by atoms with Gasteiger partial charge < -0.3 is 5.11 Å². The van der Waals surface area contributed by atoms with Crippen molar-refractivity contribution < 1.29 is 13.5 Å². The number of aliphatic hydroxyl groups is 1. The minimum absolute atomic E-state index is 0.0112. The van der Waals surface area contributed by atoms with E-state index in [4.69, 9.17) is 16.7 Å².